The van der Waals surface area contributed by atoms with Crippen molar-refractivity contribution in [1.82, 2.24) is 9.88 Å². The number of oxazole rings is 1. The third kappa shape index (κ3) is 4.71. The normalized spacial score (nSPS) is 15.0. The van der Waals surface area contributed by atoms with Gasteiger partial charge in [0.25, 0.3) is 0 Å². The van der Waals surface area contributed by atoms with Crippen molar-refractivity contribution < 1.29 is 9.15 Å². The summed E-state index contributed by atoms with van der Waals surface area (Å²) in [6, 6.07) is 15.7. The fourth-order valence-corrected chi connectivity index (χ4v) is 3.58. The summed E-state index contributed by atoms with van der Waals surface area (Å²) in [5.74, 6) is 1.25. The number of nitrogens with zero attached hydrogens (tertiary/aromatic N) is 2. The molecule has 0 spiro atoms. The maximum absolute atomic E-state index is 6.41. The van der Waals surface area contributed by atoms with E-state index in [0.717, 1.165) is 36.5 Å². The second kappa shape index (κ2) is 8.59. The molecule has 1 aliphatic rings. The Hall–Kier alpha value is -2.30. The highest BCUT2D eigenvalue weighted by molar-refractivity contribution is 6.32. The first-order chi connectivity index (χ1) is 13.3. The minimum Gasteiger partial charge on any atom is -0.487 e. The third-order valence-electron chi connectivity index (χ3n) is 4.80. The molecule has 27 heavy (non-hydrogen) atoms. The lowest BCUT2D eigenvalue weighted by Crippen LogP contribution is -2.29. The van der Waals surface area contributed by atoms with Crippen LogP contribution >= 0.6 is 11.6 Å². The molecule has 0 atom stereocenters. The van der Waals surface area contributed by atoms with Gasteiger partial charge in [0.15, 0.2) is 0 Å². The van der Waals surface area contributed by atoms with E-state index in [2.05, 4.69) is 9.88 Å². The molecule has 1 aromatic heterocycles. The van der Waals surface area contributed by atoms with Gasteiger partial charge < -0.3 is 9.15 Å². The summed E-state index contributed by atoms with van der Waals surface area (Å²) < 4.78 is 11.5. The van der Waals surface area contributed by atoms with Gasteiger partial charge in [0, 0.05) is 12.1 Å². The molecule has 4 nitrogen and oxygen atoms in total. The molecule has 4 rings (SSSR count). The van der Waals surface area contributed by atoms with Crippen LogP contribution in [0.2, 0.25) is 5.02 Å². The highest BCUT2D eigenvalue weighted by atomic mass is 35.5. The minimum atomic E-state index is 0.485. The van der Waals surface area contributed by atoms with Gasteiger partial charge in [-0.05, 0) is 49.7 Å². The topological polar surface area (TPSA) is 38.5 Å². The van der Waals surface area contributed by atoms with E-state index in [4.69, 9.17) is 20.8 Å². The van der Waals surface area contributed by atoms with E-state index in [0.29, 0.717) is 23.3 Å². The second-order valence-corrected chi connectivity index (χ2v) is 7.31. The largest absolute Gasteiger partial charge is 0.487 e. The van der Waals surface area contributed by atoms with Crippen molar-refractivity contribution in [3.8, 4) is 17.2 Å². The number of ether oxygens (including phenoxy) is 1. The predicted octanol–water partition coefficient (Wildman–Crippen LogP) is 5.56. The van der Waals surface area contributed by atoms with Crippen LogP contribution in [0.3, 0.4) is 0 Å². The summed E-state index contributed by atoms with van der Waals surface area (Å²) in [7, 11) is 0. The van der Waals surface area contributed by atoms with Gasteiger partial charge in [-0.3, -0.25) is 4.90 Å². The number of rotatable bonds is 6. The number of halogens is 1. The quantitative estimate of drug-likeness (QED) is 0.559. The molecule has 0 saturated carbocycles. The van der Waals surface area contributed by atoms with Gasteiger partial charge in [0.1, 0.15) is 18.6 Å². The Morgan fingerprint density at radius 1 is 1.04 bits per heavy atom. The number of hydrogen-bond acceptors (Lipinski definition) is 4. The first-order valence-corrected chi connectivity index (χ1v) is 9.79. The Labute approximate surface area is 164 Å². The molecular weight excluding hydrogens is 360 g/mol. The minimum absolute atomic E-state index is 0.485. The van der Waals surface area contributed by atoms with Gasteiger partial charge >= 0.3 is 0 Å². The lowest BCUT2D eigenvalue weighted by Gasteiger charge is -2.25. The van der Waals surface area contributed by atoms with Crippen LogP contribution in [0.15, 0.2) is 59.2 Å². The zero-order valence-electron chi connectivity index (χ0n) is 15.2. The molecule has 1 fully saturated rings. The van der Waals surface area contributed by atoms with Crippen molar-refractivity contribution in [1.29, 1.82) is 0 Å². The van der Waals surface area contributed by atoms with Gasteiger partial charge in [0.2, 0.25) is 5.89 Å². The van der Waals surface area contributed by atoms with Gasteiger partial charge in [-0.1, -0.05) is 48.4 Å². The summed E-state index contributed by atoms with van der Waals surface area (Å²) in [5.41, 5.74) is 2.93. The van der Waals surface area contributed by atoms with Gasteiger partial charge in [-0.15, -0.1) is 0 Å². The average molecular weight is 383 g/mol. The zero-order chi connectivity index (χ0) is 18.5. The smallest absolute Gasteiger partial charge is 0.226 e. The molecule has 2 aromatic carbocycles. The molecule has 0 radical (unpaired) electrons. The first kappa shape index (κ1) is 18.1. The van der Waals surface area contributed by atoms with Gasteiger partial charge in [-0.25, -0.2) is 4.98 Å². The van der Waals surface area contributed by atoms with E-state index in [1.165, 1.54) is 19.3 Å². The van der Waals surface area contributed by atoms with E-state index in [-0.39, 0.29) is 0 Å². The van der Waals surface area contributed by atoms with Crippen LogP contribution in [0.25, 0.3) is 11.5 Å². The van der Waals surface area contributed by atoms with E-state index in [1.54, 1.807) is 6.26 Å². The van der Waals surface area contributed by atoms with Crippen LogP contribution in [0.5, 0.6) is 5.75 Å². The highest BCUT2D eigenvalue weighted by Gasteiger charge is 2.14. The van der Waals surface area contributed by atoms with Crippen LogP contribution in [0.4, 0.5) is 0 Å². The lowest BCUT2D eigenvalue weighted by atomic mass is 10.1. The number of hydrogen-bond donors (Lipinski definition) is 0. The molecule has 1 aliphatic heterocycles. The van der Waals surface area contributed by atoms with Crippen LogP contribution < -0.4 is 4.74 Å². The van der Waals surface area contributed by atoms with Crippen molar-refractivity contribution in [3.05, 3.63) is 71.1 Å². The fourth-order valence-electron chi connectivity index (χ4n) is 3.35. The third-order valence-corrected chi connectivity index (χ3v) is 5.10. The maximum Gasteiger partial charge on any atom is 0.226 e. The molecule has 1 saturated heterocycles. The standard InChI is InChI=1S/C22H23ClN2O2/c23-20-13-18(9-10-21(20)26-15-17-7-3-1-4-8-17)22-24-19(16-27-22)14-25-11-5-2-6-12-25/h1,3-4,7-10,13,16H,2,5-6,11-12,14-15H2. The predicted molar refractivity (Wildman–Crippen MR) is 107 cm³/mol. The molecule has 0 amide bonds. The summed E-state index contributed by atoms with van der Waals surface area (Å²) in [4.78, 5) is 7.06. The van der Waals surface area contributed by atoms with Crippen molar-refractivity contribution in [2.24, 2.45) is 0 Å². The monoisotopic (exact) mass is 382 g/mol. The van der Waals surface area contributed by atoms with Crippen LogP contribution in [0.1, 0.15) is 30.5 Å². The fraction of sp³-hybridized carbons (Fsp3) is 0.318. The number of benzene rings is 2. The summed E-state index contributed by atoms with van der Waals surface area (Å²) in [5, 5.41) is 0.555. The molecule has 2 heterocycles. The van der Waals surface area contributed by atoms with Gasteiger partial charge in [0.05, 0.1) is 10.7 Å². The zero-order valence-corrected chi connectivity index (χ0v) is 16.0. The van der Waals surface area contributed by atoms with Crippen molar-refractivity contribution in [2.45, 2.75) is 32.4 Å². The maximum atomic E-state index is 6.41. The first-order valence-electron chi connectivity index (χ1n) is 9.41. The molecule has 0 unspecified atom stereocenters. The Balaban J connectivity index is 1.41. The molecule has 0 N–H and O–H groups in total. The molecule has 0 bridgehead atoms. The van der Waals surface area contributed by atoms with E-state index < -0.39 is 0 Å². The molecule has 140 valence electrons. The van der Waals surface area contributed by atoms with Gasteiger partial charge in [-0.2, -0.15) is 0 Å². The number of piperidine rings is 1. The Bertz CT molecular complexity index is 873. The van der Waals surface area contributed by atoms with Crippen LogP contribution in [-0.2, 0) is 13.2 Å². The summed E-state index contributed by atoms with van der Waals surface area (Å²) >= 11 is 6.41. The highest BCUT2D eigenvalue weighted by Crippen LogP contribution is 2.31. The van der Waals surface area contributed by atoms with Crippen LogP contribution in [0, 0.1) is 0 Å². The molecule has 5 heteroatoms. The Morgan fingerprint density at radius 2 is 1.85 bits per heavy atom. The van der Waals surface area contributed by atoms with Crippen molar-refractivity contribution >= 4 is 11.6 Å². The lowest BCUT2D eigenvalue weighted by molar-refractivity contribution is 0.218. The van der Waals surface area contributed by atoms with Crippen LogP contribution in [-0.4, -0.2) is 23.0 Å². The van der Waals surface area contributed by atoms with Crippen molar-refractivity contribution in [3.63, 3.8) is 0 Å². The summed E-state index contributed by atoms with van der Waals surface area (Å²) in [6.45, 7) is 3.61. The Morgan fingerprint density at radius 3 is 2.63 bits per heavy atom. The van der Waals surface area contributed by atoms with E-state index in [9.17, 15) is 0 Å². The van der Waals surface area contributed by atoms with E-state index in [1.807, 2.05) is 48.5 Å². The number of aromatic nitrogens is 1. The second-order valence-electron chi connectivity index (χ2n) is 6.90. The average Bonchev–Trinajstić information content (AvgIpc) is 3.17. The molecule has 3 aromatic rings. The van der Waals surface area contributed by atoms with Crippen molar-refractivity contribution in [2.75, 3.05) is 13.1 Å². The number of likely N-dealkylation sites (tertiary alicyclic amines) is 1. The SMILES string of the molecule is Clc1cc(-c2nc(CN3CCCCC3)co2)ccc1OCc1ccccc1. The Kier molecular flexibility index (Phi) is 5.75. The van der Waals surface area contributed by atoms with E-state index >= 15 is 0 Å². The molecule has 0 aliphatic carbocycles. The molecular formula is C22H23ClN2O2. The summed E-state index contributed by atoms with van der Waals surface area (Å²) in [6.07, 6.45) is 5.62.